The minimum Gasteiger partial charge on any atom is -0.389 e. The van der Waals surface area contributed by atoms with Gasteiger partial charge in [-0.25, -0.2) is 0 Å². The summed E-state index contributed by atoms with van der Waals surface area (Å²) >= 11 is 0. The molecule has 0 aliphatic rings. The molecule has 0 saturated carbocycles. The molecule has 52 heavy (non-hydrogen) atoms. The Bertz CT molecular complexity index is 1380. The lowest BCUT2D eigenvalue weighted by Gasteiger charge is -2.25. The second-order valence-corrected chi connectivity index (χ2v) is 13.2. The topological polar surface area (TPSA) is 201 Å². The van der Waals surface area contributed by atoms with Crippen molar-refractivity contribution in [1.29, 1.82) is 0 Å². The van der Waals surface area contributed by atoms with E-state index in [2.05, 4.69) is 21.3 Å². The number of benzene rings is 2. The van der Waals surface area contributed by atoms with Gasteiger partial charge in [0.25, 0.3) is 0 Å². The van der Waals surface area contributed by atoms with E-state index in [9.17, 15) is 39.3 Å². The molecule has 0 fully saturated rings. The number of rotatable bonds is 20. The van der Waals surface area contributed by atoms with Crippen LogP contribution in [0.4, 0.5) is 0 Å². The van der Waals surface area contributed by atoms with Crippen molar-refractivity contribution in [1.82, 2.24) is 31.1 Å². The number of carbonyl (C=O) groups is 5. The maximum Gasteiger partial charge on any atom is 0.249 e. The van der Waals surface area contributed by atoms with Crippen LogP contribution in [0.5, 0.6) is 0 Å². The molecule has 2 aromatic carbocycles. The molecule has 0 spiro atoms. The second kappa shape index (κ2) is 24.1. The number of hydrogen-bond donors (Lipinski definition) is 7. The van der Waals surface area contributed by atoms with Crippen molar-refractivity contribution in [3.05, 3.63) is 71.8 Å². The van der Waals surface area contributed by atoms with Crippen LogP contribution in [-0.4, -0.2) is 114 Å². The highest BCUT2D eigenvalue weighted by atomic mass is 16.3. The molecule has 2 rings (SSSR count). The molecule has 0 heterocycles. The third kappa shape index (κ3) is 16.0. The first-order chi connectivity index (χ1) is 24.5. The zero-order valence-electron chi connectivity index (χ0n) is 31.8. The lowest BCUT2D eigenvalue weighted by molar-refractivity contribution is -0.136. The monoisotopic (exact) mass is 728 g/mol. The number of amides is 4. The summed E-state index contributed by atoms with van der Waals surface area (Å²) in [4.78, 5) is 64.0. The Morgan fingerprint density at radius 3 is 1.42 bits per heavy atom. The SMILES string of the molecule is CCCC(C)C(=O)C(O)NCC(=O)NC(C(=O)N(C)C)c1ccccc1.CCCC(C)C(O)C(O)NCC(=O)NC(C(=O)N(C)C)c1ccccc1. The lowest BCUT2D eigenvalue weighted by Crippen LogP contribution is -2.48. The fourth-order valence-electron chi connectivity index (χ4n) is 5.20. The van der Waals surface area contributed by atoms with Gasteiger partial charge in [-0.3, -0.25) is 34.6 Å². The number of hydrogen-bond acceptors (Lipinski definition) is 10. The molecule has 4 amide bonds. The number of likely N-dealkylation sites (N-methyl/N-ethyl adjacent to an activating group) is 2. The Labute approximate surface area is 308 Å². The Kier molecular flexibility index (Phi) is 21.2. The summed E-state index contributed by atoms with van der Waals surface area (Å²) in [6, 6.07) is 16.2. The van der Waals surface area contributed by atoms with Crippen LogP contribution in [0.3, 0.4) is 0 Å². The Morgan fingerprint density at radius 1 is 0.635 bits per heavy atom. The average molecular weight is 729 g/mol. The first kappa shape index (κ1) is 45.8. The van der Waals surface area contributed by atoms with Crippen molar-refractivity contribution in [2.24, 2.45) is 11.8 Å². The fourth-order valence-corrected chi connectivity index (χ4v) is 5.20. The molecule has 290 valence electrons. The zero-order chi connectivity index (χ0) is 39.4. The summed E-state index contributed by atoms with van der Waals surface area (Å²) in [5.74, 6) is -2.15. The molecule has 14 heteroatoms. The van der Waals surface area contributed by atoms with Crippen molar-refractivity contribution in [2.45, 2.75) is 84.0 Å². The van der Waals surface area contributed by atoms with Crippen molar-refractivity contribution in [3.63, 3.8) is 0 Å². The Morgan fingerprint density at radius 2 is 1.04 bits per heavy atom. The normalized spacial score (nSPS) is 14.9. The summed E-state index contributed by atoms with van der Waals surface area (Å²) in [7, 11) is 6.47. The van der Waals surface area contributed by atoms with Crippen LogP contribution in [-0.2, 0) is 24.0 Å². The van der Waals surface area contributed by atoms with Crippen LogP contribution >= 0.6 is 0 Å². The van der Waals surface area contributed by atoms with Crippen LogP contribution in [0.1, 0.15) is 76.6 Å². The molecule has 0 aliphatic heterocycles. The highest BCUT2D eigenvalue weighted by Crippen LogP contribution is 2.16. The van der Waals surface area contributed by atoms with E-state index in [0.717, 1.165) is 19.3 Å². The third-order valence-corrected chi connectivity index (χ3v) is 8.31. The highest BCUT2D eigenvalue weighted by Gasteiger charge is 2.27. The summed E-state index contributed by atoms with van der Waals surface area (Å²) in [6.45, 7) is 7.08. The smallest absolute Gasteiger partial charge is 0.249 e. The lowest BCUT2D eigenvalue weighted by atomic mass is 9.98. The molecule has 14 nitrogen and oxygen atoms in total. The fraction of sp³-hybridized carbons (Fsp3) is 0.553. The average Bonchev–Trinajstić information content (AvgIpc) is 3.13. The minimum atomic E-state index is -1.40. The molecule has 0 saturated heterocycles. The summed E-state index contributed by atoms with van der Waals surface area (Å²) in [5.41, 5.74) is 1.34. The standard InChI is InChI=1S/C19H31N3O4.C19H29N3O4/c2*1-5-9-13(2)17(24)18(25)20-12-15(23)21-16(19(26)22(3)4)14-10-7-6-8-11-14/h6-8,10-11,13,16-18,20,24-25H,5,9,12H2,1-4H3,(H,21,23);6-8,10-11,13,16,18,20,25H,5,9,12H2,1-4H3,(H,21,23). The van der Waals surface area contributed by atoms with Gasteiger partial charge in [-0.2, -0.15) is 0 Å². The molecule has 7 N–H and O–H groups in total. The maximum atomic E-state index is 12.4. The number of nitrogens with one attached hydrogen (secondary N) is 4. The summed E-state index contributed by atoms with van der Waals surface area (Å²) in [6.07, 6.45) is -0.376. The van der Waals surface area contributed by atoms with Gasteiger partial charge in [0.1, 0.15) is 18.3 Å². The number of carbonyl (C=O) groups excluding carboxylic acids is 5. The largest absolute Gasteiger partial charge is 0.389 e. The van der Waals surface area contributed by atoms with Crippen LogP contribution < -0.4 is 21.3 Å². The first-order valence-corrected chi connectivity index (χ1v) is 17.7. The van der Waals surface area contributed by atoms with Gasteiger partial charge >= 0.3 is 0 Å². The van der Waals surface area contributed by atoms with E-state index in [1.54, 1.807) is 83.6 Å². The predicted molar refractivity (Wildman–Crippen MR) is 199 cm³/mol. The van der Waals surface area contributed by atoms with Crippen molar-refractivity contribution < 1.29 is 39.3 Å². The van der Waals surface area contributed by atoms with Crippen LogP contribution in [0.25, 0.3) is 0 Å². The molecule has 0 aliphatic carbocycles. The number of ketones is 1. The van der Waals surface area contributed by atoms with Gasteiger partial charge in [0.2, 0.25) is 23.6 Å². The quantitative estimate of drug-likeness (QED) is 0.0981. The molecule has 7 unspecified atom stereocenters. The molecule has 0 radical (unpaired) electrons. The number of aliphatic hydroxyl groups is 3. The maximum absolute atomic E-state index is 12.4. The van der Waals surface area contributed by atoms with Crippen LogP contribution in [0.15, 0.2) is 60.7 Å². The van der Waals surface area contributed by atoms with Crippen LogP contribution in [0, 0.1) is 11.8 Å². The highest BCUT2D eigenvalue weighted by molar-refractivity contribution is 5.90. The van der Waals surface area contributed by atoms with Gasteiger partial charge in [0, 0.05) is 34.1 Å². The van der Waals surface area contributed by atoms with Crippen molar-refractivity contribution in [3.8, 4) is 0 Å². The molecule has 7 atom stereocenters. The van der Waals surface area contributed by atoms with Gasteiger partial charge in [-0.05, 0) is 29.9 Å². The van der Waals surface area contributed by atoms with Gasteiger partial charge in [-0.15, -0.1) is 0 Å². The van der Waals surface area contributed by atoms with Crippen molar-refractivity contribution >= 4 is 29.4 Å². The van der Waals surface area contributed by atoms with Crippen molar-refractivity contribution in [2.75, 3.05) is 41.3 Å². The van der Waals surface area contributed by atoms with Gasteiger partial charge in [0.15, 0.2) is 12.0 Å². The molecule has 0 bridgehead atoms. The van der Waals surface area contributed by atoms with E-state index in [4.69, 9.17) is 0 Å². The number of Topliss-reactive ketones (excluding diaryl/α,β-unsaturated/α-hetero) is 1. The third-order valence-electron chi connectivity index (χ3n) is 8.31. The van der Waals surface area contributed by atoms with E-state index >= 15 is 0 Å². The van der Waals surface area contributed by atoms with E-state index < -0.39 is 42.5 Å². The van der Waals surface area contributed by atoms with E-state index in [0.29, 0.717) is 17.5 Å². The number of nitrogens with zero attached hydrogens (tertiary/aromatic N) is 2. The van der Waals surface area contributed by atoms with Gasteiger partial charge in [-0.1, -0.05) is 101 Å². The van der Waals surface area contributed by atoms with Crippen LogP contribution in [0.2, 0.25) is 0 Å². The first-order valence-electron chi connectivity index (χ1n) is 17.7. The Balaban J connectivity index is 0.000000520. The zero-order valence-corrected chi connectivity index (χ0v) is 31.8. The number of aliphatic hydroxyl groups excluding tert-OH is 3. The van der Waals surface area contributed by atoms with E-state index in [-0.39, 0.29) is 42.5 Å². The predicted octanol–water partition coefficient (Wildman–Crippen LogP) is 1.48. The summed E-state index contributed by atoms with van der Waals surface area (Å²) in [5, 5.41) is 40.4. The van der Waals surface area contributed by atoms with E-state index in [1.165, 1.54) is 9.80 Å². The molecular formula is C38H60N6O8. The molecule has 2 aromatic rings. The minimum absolute atomic E-state index is 0.0852. The second-order valence-electron chi connectivity index (χ2n) is 13.2. The van der Waals surface area contributed by atoms with Gasteiger partial charge < -0.3 is 35.8 Å². The molecular weight excluding hydrogens is 668 g/mol. The Hall–Kier alpha value is -4.21. The van der Waals surface area contributed by atoms with E-state index in [1.807, 2.05) is 32.9 Å². The van der Waals surface area contributed by atoms with Gasteiger partial charge in [0.05, 0.1) is 19.2 Å². The molecule has 0 aromatic heterocycles. The summed E-state index contributed by atoms with van der Waals surface area (Å²) < 4.78 is 0.